The first-order valence-corrected chi connectivity index (χ1v) is 9.01. The molecule has 1 atom stereocenters. The Hall–Kier alpha value is -2.22. The molecule has 0 aliphatic rings. The van der Waals surface area contributed by atoms with Crippen LogP contribution in [0.1, 0.15) is 15.9 Å². The van der Waals surface area contributed by atoms with Gasteiger partial charge in [-0.3, -0.25) is 8.86 Å². The molecular formula is C17H15NO4S2. The van der Waals surface area contributed by atoms with E-state index in [4.69, 9.17) is 4.74 Å². The number of thiophene rings is 1. The van der Waals surface area contributed by atoms with Gasteiger partial charge in [0.2, 0.25) is 0 Å². The molecule has 24 heavy (non-hydrogen) atoms. The molecule has 0 amide bonds. The van der Waals surface area contributed by atoms with Crippen LogP contribution in [0.25, 0.3) is 10.1 Å². The van der Waals surface area contributed by atoms with E-state index >= 15 is 0 Å². The van der Waals surface area contributed by atoms with Crippen molar-refractivity contribution in [2.24, 2.45) is 0 Å². The fourth-order valence-electron chi connectivity index (χ4n) is 2.38. The molecule has 2 aromatic carbocycles. The van der Waals surface area contributed by atoms with Gasteiger partial charge in [-0.1, -0.05) is 30.3 Å². The van der Waals surface area contributed by atoms with Crippen LogP contribution < -0.4 is 4.31 Å². The van der Waals surface area contributed by atoms with Crippen molar-refractivity contribution < 1.29 is 18.3 Å². The summed E-state index contributed by atoms with van der Waals surface area (Å²) in [5, 5.41) is 1.72. The van der Waals surface area contributed by atoms with Crippen molar-refractivity contribution in [3.63, 3.8) is 0 Å². The van der Waals surface area contributed by atoms with E-state index in [1.165, 1.54) is 22.8 Å². The molecular weight excluding hydrogens is 346 g/mol. The molecule has 0 fully saturated rings. The van der Waals surface area contributed by atoms with E-state index in [1.54, 1.807) is 24.3 Å². The van der Waals surface area contributed by atoms with Gasteiger partial charge in [-0.25, -0.2) is 9.00 Å². The SMILES string of the molecule is COC(=O)c1cccc(CN(c2cc3ccccc3s2)S(=O)O)c1. The number of carbonyl (C=O) groups is 1. The molecule has 0 aliphatic carbocycles. The van der Waals surface area contributed by atoms with Crippen LogP contribution in [-0.4, -0.2) is 21.8 Å². The first-order valence-electron chi connectivity index (χ1n) is 7.13. The third-order valence-electron chi connectivity index (χ3n) is 3.52. The Kier molecular flexibility index (Phi) is 4.94. The maximum Gasteiger partial charge on any atom is 0.337 e. The van der Waals surface area contributed by atoms with Gasteiger partial charge in [0.1, 0.15) is 5.00 Å². The maximum absolute atomic E-state index is 11.8. The number of carbonyl (C=O) groups excluding carboxylic acids is 1. The van der Waals surface area contributed by atoms with Crippen molar-refractivity contribution in [2.75, 3.05) is 11.4 Å². The van der Waals surface area contributed by atoms with Crippen LogP contribution in [0, 0.1) is 0 Å². The molecule has 3 aromatic rings. The Morgan fingerprint density at radius 2 is 2.00 bits per heavy atom. The van der Waals surface area contributed by atoms with Gasteiger partial charge in [0.15, 0.2) is 0 Å². The normalized spacial score (nSPS) is 12.1. The highest BCUT2D eigenvalue weighted by Gasteiger charge is 2.17. The van der Waals surface area contributed by atoms with Crippen LogP contribution in [-0.2, 0) is 22.5 Å². The van der Waals surface area contributed by atoms with Gasteiger partial charge in [-0.2, -0.15) is 0 Å². The Labute approximate surface area is 145 Å². The van der Waals surface area contributed by atoms with E-state index in [1.807, 2.05) is 30.3 Å². The lowest BCUT2D eigenvalue weighted by Gasteiger charge is -2.18. The third kappa shape index (κ3) is 3.48. The van der Waals surface area contributed by atoms with Gasteiger partial charge < -0.3 is 4.74 Å². The van der Waals surface area contributed by atoms with Crippen molar-refractivity contribution in [2.45, 2.75) is 6.54 Å². The van der Waals surface area contributed by atoms with Crippen molar-refractivity contribution >= 4 is 43.7 Å². The number of hydrogen-bond acceptors (Lipinski definition) is 4. The molecule has 0 radical (unpaired) electrons. The van der Waals surface area contributed by atoms with Gasteiger partial charge in [0.05, 0.1) is 19.2 Å². The summed E-state index contributed by atoms with van der Waals surface area (Å²) in [6, 6.07) is 16.5. The zero-order chi connectivity index (χ0) is 17.1. The molecule has 0 saturated heterocycles. The number of fused-ring (bicyclic) bond motifs is 1. The van der Waals surface area contributed by atoms with E-state index in [0.717, 1.165) is 15.6 Å². The zero-order valence-electron chi connectivity index (χ0n) is 12.8. The van der Waals surface area contributed by atoms with E-state index in [2.05, 4.69) is 0 Å². The van der Waals surface area contributed by atoms with Crippen molar-refractivity contribution in [3.8, 4) is 0 Å². The molecule has 1 unspecified atom stereocenters. The summed E-state index contributed by atoms with van der Waals surface area (Å²) < 4.78 is 28.6. The lowest BCUT2D eigenvalue weighted by atomic mass is 10.1. The summed E-state index contributed by atoms with van der Waals surface area (Å²) >= 11 is -0.724. The summed E-state index contributed by atoms with van der Waals surface area (Å²) in [5.74, 6) is -0.435. The second-order valence-corrected chi connectivity index (χ2v) is 7.05. The molecule has 3 rings (SSSR count). The molecule has 0 saturated carbocycles. The minimum absolute atomic E-state index is 0.209. The van der Waals surface area contributed by atoms with Gasteiger partial charge >= 0.3 is 5.97 Å². The standard InChI is InChI=1S/C17H15NO4S2/c1-22-17(19)14-7-4-5-12(9-14)11-18(24(20)21)16-10-13-6-2-3-8-15(13)23-16/h2-10H,11H2,1H3,(H,20,21). The summed E-state index contributed by atoms with van der Waals surface area (Å²) in [5.41, 5.74) is 1.16. The first kappa shape index (κ1) is 16.6. The van der Waals surface area contributed by atoms with Gasteiger partial charge in [-0.05, 0) is 35.2 Å². The second kappa shape index (κ2) is 7.12. The van der Waals surface area contributed by atoms with Crippen molar-refractivity contribution in [3.05, 3.63) is 65.7 Å². The molecule has 124 valence electrons. The lowest BCUT2D eigenvalue weighted by Crippen LogP contribution is -2.23. The number of esters is 1. The zero-order valence-corrected chi connectivity index (χ0v) is 14.5. The molecule has 1 N–H and O–H groups in total. The fourth-order valence-corrected chi connectivity index (χ4v) is 4.12. The fraction of sp³-hybridized carbons (Fsp3) is 0.118. The number of ether oxygens (including phenoxy) is 1. The smallest absolute Gasteiger partial charge is 0.337 e. The number of anilines is 1. The van der Waals surface area contributed by atoms with E-state index in [-0.39, 0.29) is 6.54 Å². The van der Waals surface area contributed by atoms with Crippen LogP contribution >= 0.6 is 11.3 Å². The topological polar surface area (TPSA) is 66.8 Å². The largest absolute Gasteiger partial charge is 0.465 e. The number of benzene rings is 2. The van der Waals surface area contributed by atoms with Crippen LogP contribution in [0.15, 0.2) is 54.6 Å². The number of methoxy groups -OCH3 is 1. The lowest BCUT2D eigenvalue weighted by molar-refractivity contribution is 0.0600. The predicted molar refractivity (Wildman–Crippen MR) is 96.6 cm³/mol. The minimum Gasteiger partial charge on any atom is -0.465 e. The molecule has 0 aliphatic heterocycles. The predicted octanol–water partition coefficient (Wildman–Crippen LogP) is 3.83. The van der Waals surface area contributed by atoms with E-state index < -0.39 is 17.2 Å². The Bertz CT molecular complexity index is 873. The van der Waals surface area contributed by atoms with Crippen molar-refractivity contribution in [1.29, 1.82) is 0 Å². The van der Waals surface area contributed by atoms with Crippen molar-refractivity contribution in [1.82, 2.24) is 0 Å². The number of rotatable bonds is 5. The summed E-state index contributed by atoms with van der Waals surface area (Å²) in [6.07, 6.45) is 0. The van der Waals surface area contributed by atoms with Crippen LogP contribution in [0.4, 0.5) is 5.00 Å². The summed E-state index contributed by atoms with van der Waals surface area (Å²) in [6.45, 7) is 0.209. The Balaban J connectivity index is 1.92. The number of hydrogen-bond donors (Lipinski definition) is 1. The average Bonchev–Trinajstić information content (AvgIpc) is 3.02. The van der Waals surface area contributed by atoms with E-state index in [0.29, 0.717) is 10.6 Å². The molecule has 1 heterocycles. The molecule has 0 bridgehead atoms. The molecule has 7 heteroatoms. The molecule has 0 spiro atoms. The summed E-state index contributed by atoms with van der Waals surface area (Å²) in [7, 11) is 1.32. The first-order chi connectivity index (χ1) is 11.6. The highest BCUT2D eigenvalue weighted by atomic mass is 32.2. The van der Waals surface area contributed by atoms with Gasteiger partial charge in [-0.15, -0.1) is 11.3 Å². The van der Waals surface area contributed by atoms with Crippen LogP contribution in [0.2, 0.25) is 0 Å². The van der Waals surface area contributed by atoms with E-state index in [9.17, 15) is 13.6 Å². The molecule has 1 aromatic heterocycles. The van der Waals surface area contributed by atoms with Crippen LogP contribution in [0.3, 0.4) is 0 Å². The Morgan fingerprint density at radius 1 is 1.21 bits per heavy atom. The van der Waals surface area contributed by atoms with Crippen LogP contribution in [0.5, 0.6) is 0 Å². The van der Waals surface area contributed by atoms with Gasteiger partial charge in [0, 0.05) is 4.70 Å². The maximum atomic E-state index is 11.8. The second-order valence-electron chi connectivity index (χ2n) is 5.08. The third-order valence-corrected chi connectivity index (χ3v) is 5.48. The Morgan fingerprint density at radius 3 is 2.71 bits per heavy atom. The monoisotopic (exact) mass is 361 g/mol. The van der Waals surface area contributed by atoms with Gasteiger partial charge in [0.25, 0.3) is 11.3 Å². The average molecular weight is 361 g/mol. The quantitative estimate of drug-likeness (QED) is 0.554. The summed E-state index contributed by atoms with van der Waals surface area (Å²) in [4.78, 5) is 11.6. The number of nitrogens with zero attached hydrogens (tertiary/aromatic N) is 1. The minimum atomic E-state index is -2.17. The molecule has 5 nitrogen and oxygen atoms in total. The highest BCUT2D eigenvalue weighted by molar-refractivity contribution is 7.81. The highest BCUT2D eigenvalue weighted by Crippen LogP contribution is 2.33.